The maximum absolute atomic E-state index is 12.9. The quantitative estimate of drug-likeness (QED) is 0.909. The van der Waals surface area contributed by atoms with Crippen LogP contribution in [-0.2, 0) is 17.5 Å². The molecule has 1 amide bonds. The highest BCUT2D eigenvalue weighted by Gasteiger charge is 2.36. The smallest absolute Gasteiger partial charge is 0.358 e. The molecule has 0 bridgehead atoms. The van der Waals surface area contributed by atoms with Crippen LogP contribution in [0.5, 0.6) is 0 Å². The van der Waals surface area contributed by atoms with Gasteiger partial charge in [-0.2, -0.15) is 18.3 Å². The van der Waals surface area contributed by atoms with Gasteiger partial charge in [0, 0.05) is 12.4 Å². The Morgan fingerprint density at radius 3 is 2.68 bits per heavy atom. The summed E-state index contributed by atoms with van der Waals surface area (Å²) in [5.74, 6) is -0.403. The maximum atomic E-state index is 12.9. The molecule has 0 spiro atoms. The van der Waals surface area contributed by atoms with Gasteiger partial charge >= 0.3 is 6.18 Å². The normalized spacial score (nSPS) is 11.8. The van der Waals surface area contributed by atoms with Crippen LogP contribution in [0.1, 0.15) is 11.3 Å². The third-order valence-corrected chi connectivity index (χ3v) is 2.75. The second kappa shape index (κ2) is 4.56. The summed E-state index contributed by atoms with van der Waals surface area (Å²) in [7, 11) is 1.42. The van der Waals surface area contributed by atoms with Crippen LogP contribution >= 0.6 is 0 Å². The molecule has 1 aromatic carbocycles. The Bertz CT molecular complexity index is 631. The molecule has 7 heteroatoms. The number of carbonyl (C=O) groups excluding carboxylic acids is 1. The molecule has 2 aromatic rings. The van der Waals surface area contributed by atoms with Crippen molar-refractivity contribution in [3.8, 4) is 0 Å². The van der Waals surface area contributed by atoms with Gasteiger partial charge in [0.15, 0.2) is 5.69 Å². The number of nitrogens with zero attached hydrogens (tertiary/aromatic N) is 2. The summed E-state index contributed by atoms with van der Waals surface area (Å²) in [6.45, 7) is 1.52. The second-order valence-electron chi connectivity index (χ2n) is 4.20. The molecular formula is C12H12F3N3O. The Labute approximate surface area is 107 Å². The van der Waals surface area contributed by atoms with E-state index in [1.165, 1.54) is 13.1 Å². The lowest BCUT2D eigenvalue weighted by Crippen LogP contribution is -2.24. The summed E-state index contributed by atoms with van der Waals surface area (Å²) in [5.41, 5.74) is 0.140. The van der Waals surface area contributed by atoms with Gasteiger partial charge in [0.05, 0.1) is 5.52 Å². The molecule has 2 rings (SSSR count). The van der Waals surface area contributed by atoms with Crippen molar-refractivity contribution in [3.63, 3.8) is 0 Å². The summed E-state index contributed by atoms with van der Waals surface area (Å²) >= 11 is 0. The number of halogens is 3. The Balaban J connectivity index is 2.63. The largest absolute Gasteiger partial charge is 0.435 e. The number of amides is 1. The van der Waals surface area contributed by atoms with Crippen molar-refractivity contribution in [1.29, 1.82) is 0 Å². The summed E-state index contributed by atoms with van der Waals surface area (Å²) in [6, 6.07) is 4.55. The van der Waals surface area contributed by atoms with Gasteiger partial charge in [-0.3, -0.25) is 9.48 Å². The minimum absolute atomic E-state index is 0.00185. The summed E-state index contributed by atoms with van der Waals surface area (Å²) < 4.78 is 39.7. The molecule has 0 saturated carbocycles. The molecule has 19 heavy (non-hydrogen) atoms. The van der Waals surface area contributed by atoms with E-state index in [0.717, 1.165) is 10.2 Å². The zero-order valence-corrected chi connectivity index (χ0v) is 10.4. The minimum atomic E-state index is -4.54. The van der Waals surface area contributed by atoms with E-state index in [9.17, 15) is 18.0 Å². The van der Waals surface area contributed by atoms with Crippen LogP contribution in [0, 0.1) is 6.92 Å². The van der Waals surface area contributed by atoms with E-state index in [2.05, 4.69) is 10.4 Å². The van der Waals surface area contributed by atoms with Crippen molar-refractivity contribution in [1.82, 2.24) is 15.1 Å². The Morgan fingerprint density at radius 2 is 2.11 bits per heavy atom. The highest BCUT2D eigenvalue weighted by Crippen LogP contribution is 2.34. The standard InChI is InChI=1S/C12H12F3N3O/c1-7-3-4-8-9(5-7)18(6-10(19)16-2)17-11(8)12(13,14)15/h3-5H,6H2,1-2H3,(H,16,19). The number of hydrogen-bond acceptors (Lipinski definition) is 2. The third-order valence-electron chi connectivity index (χ3n) is 2.75. The summed E-state index contributed by atoms with van der Waals surface area (Å²) in [5, 5.41) is 5.88. The average Bonchev–Trinajstić information content (AvgIpc) is 2.67. The van der Waals surface area contributed by atoms with E-state index in [-0.39, 0.29) is 11.9 Å². The number of carbonyl (C=O) groups is 1. The Kier molecular flexibility index (Phi) is 3.21. The van der Waals surface area contributed by atoms with E-state index in [1.807, 2.05) is 0 Å². The van der Waals surface area contributed by atoms with Crippen LogP contribution in [0.15, 0.2) is 18.2 Å². The molecule has 0 aliphatic carbocycles. The molecule has 1 aromatic heterocycles. The lowest BCUT2D eigenvalue weighted by molar-refractivity contribution is -0.140. The first kappa shape index (κ1) is 13.4. The highest BCUT2D eigenvalue weighted by atomic mass is 19.4. The van der Waals surface area contributed by atoms with Crippen LogP contribution in [0.25, 0.3) is 10.9 Å². The van der Waals surface area contributed by atoms with Crippen molar-refractivity contribution in [2.24, 2.45) is 0 Å². The first-order chi connectivity index (χ1) is 8.82. The number of likely N-dealkylation sites (N-methyl/N-ethyl adjacent to an activating group) is 1. The number of benzene rings is 1. The van der Waals surface area contributed by atoms with Crippen molar-refractivity contribution >= 4 is 16.8 Å². The average molecular weight is 271 g/mol. The highest BCUT2D eigenvalue weighted by molar-refractivity contribution is 5.85. The van der Waals surface area contributed by atoms with E-state index < -0.39 is 17.8 Å². The molecule has 4 nitrogen and oxygen atoms in total. The van der Waals surface area contributed by atoms with E-state index >= 15 is 0 Å². The van der Waals surface area contributed by atoms with Gasteiger partial charge in [-0.25, -0.2) is 0 Å². The zero-order chi connectivity index (χ0) is 14.2. The Morgan fingerprint density at radius 1 is 1.42 bits per heavy atom. The van der Waals surface area contributed by atoms with Gasteiger partial charge < -0.3 is 5.32 Å². The molecule has 1 heterocycles. The van der Waals surface area contributed by atoms with Crippen molar-refractivity contribution in [2.75, 3.05) is 7.05 Å². The number of alkyl halides is 3. The molecule has 0 unspecified atom stereocenters. The third kappa shape index (κ3) is 2.54. The van der Waals surface area contributed by atoms with Crippen LogP contribution in [0.4, 0.5) is 13.2 Å². The fourth-order valence-corrected chi connectivity index (χ4v) is 1.83. The molecule has 0 saturated heterocycles. The predicted octanol–water partition coefficient (Wildman–Crippen LogP) is 2.11. The number of fused-ring (bicyclic) bond motifs is 1. The molecule has 1 N–H and O–H groups in total. The van der Waals surface area contributed by atoms with Gasteiger partial charge in [-0.15, -0.1) is 0 Å². The van der Waals surface area contributed by atoms with Gasteiger partial charge in [0.2, 0.25) is 5.91 Å². The van der Waals surface area contributed by atoms with Gasteiger partial charge in [0.25, 0.3) is 0 Å². The monoisotopic (exact) mass is 271 g/mol. The molecule has 0 radical (unpaired) electrons. The van der Waals surface area contributed by atoms with E-state index in [0.29, 0.717) is 5.52 Å². The molecule has 0 aliphatic rings. The molecular weight excluding hydrogens is 259 g/mol. The van der Waals surface area contributed by atoms with E-state index in [1.54, 1.807) is 19.1 Å². The number of nitrogens with one attached hydrogen (secondary N) is 1. The van der Waals surface area contributed by atoms with Crippen molar-refractivity contribution in [3.05, 3.63) is 29.5 Å². The number of rotatable bonds is 2. The van der Waals surface area contributed by atoms with Crippen LogP contribution < -0.4 is 5.32 Å². The fraction of sp³-hybridized carbons (Fsp3) is 0.333. The lowest BCUT2D eigenvalue weighted by atomic mass is 10.1. The lowest BCUT2D eigenvalue weighted by Gasteiger charge is -2.02. The second-order valence-corrected chi connectivity index (χ2v) is 4.20. The Hall–Kier alpha value is -2.05. The molecule has 102 valence electrons. The van der Waals surface area contributed by atoms with Crippen LogP contribution in [-0.4, -0.2) is 22.7 Å². The molecule has 0 aliphatic heterocycles. The number of aromatic nitrogens is 2. The first-order valence-electron chi connectivity index (χ1n) is 5.58. The number of aryl methyl sites for hydroxylation is 1. The van der Waals surface area contributed by atoms with Crippen LogP contribution in [0.2, 0.25) is 0 Å². The van der Waals surface area contributed by atoms with E-state index in [4.69, 9.17) is 0 Å². The SMILES string of the molecule is CNC(=O)Cn1nc(C(F)(F)F)c2ccc(C)cc21. The van der Waals surface area contributed by atoms with Crippen LogP contribution in [0.3, 0.4) is 0 Å². The van der Waals surface area contributed by atoms with Gasteiger partial charge in [0.1, 0.15) is 6.54 Å². The summed E-state index contributed by atoms with van der Waals surface area (Å²) in [6.07, 6.45) is -4.54. The predicted molar refractivity (Wildman–Crippen MR) is 63.5 cm³/mol. The molecule has 0 fully saturated rings. The van der Waals surface area contributed by atoms with Crippen molar-refractivity contribution < 1.29 is 18.0 Å². The minimum Gasteiger partial charge on any atom is -0.358 e. The zero-order valence-electron chi connectivity index (χ0n) is 10.4. The van der Waals surface area contributed by atoms with Gasteiger partial charge in [-0.05, 0) is 18.6 Å². The van der Waals surface area contributed by atoms with Gasteiger partial charge in [-0.1, -0.05) is 12.1 Å². The number of hydrogen-bond donors (Lipinski definition) is 1. The first-order valence-corrected chi connectivity index (χ1v) is 5.58. The maximum Gasteiger partial charge on any atom is 0.435 e. The van der Waals surface area contributed by atoms with Crippen molar-refractivity contribution in [2.45, 2.75) is 19.6 Å². The molecule has 0 atom stereocenters. The fourth-order valence-electron chi connectivity index (χ4n) is 1.83. The summed E-state index contributed by atoms with van der Waals surface area (Å²) in [4.78, 5) is 11.3. The topological polar surface area (TPSA) is 46.9 Å².